The molecular weight excluding hydrogens is 246 g/mol. The molecule has 2 aliphatic rings. The van der Waals surface area contributed by atoms with Crippen molar-refractivity contribution in [2.24, 2.45) is 11.8 Å². The van der Waals surface area contributed by atoms with Crippen molar-refractivity contribution in [3.63, 3.8) is 0 Å². The fraction of sp³-hybridized carbons (Fsp3) is 0.714. The van der Waals surface area contributed by atoms with Gasteiger partial charge >= 0.3 is 5.97 Å². The van der Waals surface area contributed by atoms with E-state index in [1.807, 2.05) is 12.2 Å². The van der Waals surface area contributed by atoms with Crippen LogP contribution in [0.25, 0.3) is 0 Å². The van der Waals surface area contributed by atoms with Crippen LogP contribution in [0.2, 0.25) is 0 Å². The highest BCUT2D eigenvalue weighted by Gasteiger charge is 2.35. The Hall–Kier alpha value is -1.36. The van der Waals surface area contributed by atoms with E-state index < -0.39 is 23.9 Å². The minimum Gasteiger partial charge on any atom is -0.481 e. The molecule has 0 heterocycles. The Labute approximate surface area is 112 Å². The van der Waals surface area contributed by atoms with E-state index in [2.05, 4.69) is 5.32 Å². The van der Waals surface area contributed by atoms with E-state index in [1.165, 1.54) is 0 Å². The van der Waals surface area contributed by atoms with Gasteiger partial charge in [0.05, 0.1) is 24.0 Å². The summed E-state index contributed by atoms with van der Waals surface area (Å²) in [5.74, 6) is -2.32. The number of carboxylic acid groups (broad SMARTS) is 1. The Balaban J connectivity index is 1.97. The summed E-state index contributed by atoms with van der Waals surface area (Å²) in [4.78, 5) is 23.4. The van der Waals surface area contributed by atoms with Gasteiger partial charge in [0.1, 0.15) is 0 Å². The van der Waals surface area contributed by atoms with Crippen LogP contribution in [0, 0.1) is 11.8 Å². The fourth-order valence-corrected chi connectivity index (χ4v) is 2.95. The lowest BCUT2D eigenvalue weighted by Gasteiger charge is -2.31. The minimum atomic E-state index is -0.923. The number of amides is 1. The summed E-state index contributed by atoms with van der Waals surface area (Å²) in [5, 5.41) is 21.8. The highest BCUT2D eigenvalue weighted by atomic mass is 16.4. The molecule has 0 radical (unpaired) electrons. The van der Waals surface area contributed by atoms with Crippen LogP contribution >= 0.6 is 0 Å². The SMILES string of the molecule is O=C(O)C1CC=CCC1C(=O)N[C@H]1CCCC[C@@H]1O. The van der Waals surface area contributed by atoms with Crippen molar-refractivity contribution < 1.29 is 19.8 Å². The summed E-state index contributed by atoms with van der Waals surface area (Å²) in [7, 11) is 0. The molecule has 1 fully saturated rings. The summed E-state index contributed by atoms with van der Waals surface area (Å²) < 4.78 is 0. The van der Waals surface area contributed by atoms with Gasteiger partial charge in [-0.15, -0.1) is 0 Å². The molecule has 0 aliphatic heterocycles. The zero-order valence-corrected chi connectivity index (χ0v) is 10.9. The predicted molar refractivity (Wildman–Crippen MR) is 69.4 cm³/mol. The number of aliphatic hydroxyl groups excluding tert-OH is 1. The number of aliphatic carboxylic acids is 1. The van der Waals surface area contributed by atoms with Gasteiger partial charge in [-0.3, -0.25) is 9.59 Å². The molecule has 0 saturated heterocycles. The first-order chi connectivity index (χ1) is 9.09. The van der Waals surface area contributed by atoms with Crippen molar-refractivity contribution in [2.45, 2.75) is 50.7 Å². The van der Waals surface area contributed by atoms with E-state index in [9.17, 15) is 14.7 Å². The largest absolute Gasteiger partial charge is 0.481 e. The Morgan fingerprint density at radius 1 is 1.05 bits per heavy atom. The third-order valence-corrected chi connectivity index (χ3v) is 4.14. The zero-order chi connectivity index (χ0) is 13.8. The molecule has 106 valence electrons. The van der Waals surface area contributed by atoms with Gasteiger partial charge in [0, 0.05) is 0 Å². The Bertz CT molecular complexity index is 380. The van der Waals surface area contributed by atoms with Crippen molar-refractivity contribution >= 4 is 11.9 Å². The second-order valence-corrected chi connectivity index (χ2v) is 5.46. The second-order valence-electron chi connectivity index (χ2n) is 5.46. The number of nitrogens with one attached hydrogen (secondary N) is 1. The topological polar surface area (TPSA) is 86.6 Å². The molecule has 0 aromatic rings. The number of hydrogen-bond acceptors (Lipinski definition) is 3. The van der Waals surface area contributed by atoms with Gasteiger partial charge in [-0.05, 0) is 25.7 Å². The molecule has 1 saturated carbocycles. The first-order valence-electron chi connectivity index (χ1n) is 6.96. The lowest BCUT2D eigenvalue weighted by molar-refractivity contribution is -0.147. The monoisotopic (exact) mass is 267 g/mol. The highest BCUT2D eigenvalue weighted by Crippen LogP contribution is 2.27. The summed E-state index contributed by atoms with van der Waals surface area (Å²) in [6.07, 6.45) is 7.50. The summed E-state index contributed by atoms with van der Waals surface area (Å²) in [6.45, 7) is 0. The zero-order valence-electron chi connectivity index (χ0n) is 10.9. The van der Waals surface area contributed by atoms with Crippen LogP contribution in [0.15, 0.2) is 12.2 Å². The first-order valence-corrected chi connectivity index (χ1v) is 6.96. The van der Waals surface area contributed by atoms with Gasteiger partial charge in [0.25, 0.3) is 0 Å². The maximum atomic E-state index is 12.2. The van der Waals surface area contributed by atoms with E-state index in [4.69, 9.17) is 5.11 Å². The van der Waals surface area contributed by atoms with Crippen LogP contribution < -0.4 is 5.32 Å². The minimum absolute atomic E-state index is 0.221. The van der Waals surface area contributed by atoms with Gasteiger partial charge in [-0.1, -0.05) is 25.0 Å². The average molecular weight is 267 g/mol. The van der Waals surface area contributed by atoms with Crippen molar-refractivity contribution in [3.8, 4) is 0 Å². The Morgan fingerprint density at radius 3 is 2.32 bits per heavy atom. The molecule has 0 bridgehead atoms. The number of hydrogen-bond donors (Lipinski definition) is 3. The van der Waals surface area contributed by atoms with Crippen LogP contribution in [-0.2, 0) is 9.59 Å². The van der Waals surface area contributed by atoms with E-state index >= 15 is 0 Å². The standard InChI is InChI=1S/C14H21NO4/c16-12-8-4-3-7-11(12)15-13(17)9-5-1-2-6-10(9)14(18)19/h1-2,9-12,16H,3-8H2,(H,15,17)(H,18,19)/t9?,10?,11-,12-/m0/s1. The number of carbonyl (C=O) groups excluding carboxylic acids is 1. The second kappa shape index (κ2) is 6.19. The fourth-order valence-electron chi connectivity index (χ4n) is 2.95. The molecule has 5 nitrogen and oxygen atoms in total. The quantitative estimate of drug-likeness (QED) is 0.668. The third kappa shape index (κ3) is 3.35. The molecule has 4 atom stereocenters. The summed E-state index contributed by atoms with van der Waals surface area (Å²) in [6, 6.07) is -0.221. The molecule has 19 heavy (non-hydrogen) atoms. The van der Waals surface area contributed by atoms with Gasteiger partial charge in [-0.25, -0.2) is 0 Å². The van der Waals surface area contributed by atoms with Gasteiger partial charge in [0.2, 0.25) is 5.91 Å². The number of carbonyl (C=O) groups is 2. The molecule has 0 aromatic heterocycles. The smallest absolute Gasteiger partial charge is 0.307 e. The molecule has 5 heteroatoms. The first kappa shape index (κ1) is 14.1. The molecular formula is C14H21NO4. The van der Waals surface area contributed by atoms with Crippen LogP contribution in [-0.4, -0.2) is 34.2 Å². The van der Waals surface area contributed by atoms with Gasteiger partial charge in [-0.2, -0.15) is 0 Å². The van der Waals surface area contributed by atoms with E-state index in [0.717, 1.165) is 19.3 Å². The van der Waals surface area contributed by atoms with E-state index in [-0.39, 0.29) is 11.9 Å². The number of allylic oxidation sites excluding steroid dienone is 2. The van der Waals surface area contributed by atoms with Crippen LogP contribution in [0.1, 0.15) is 38.5 Å². The summed E-state index contributed by atoms with van der Waals surface area (Å²) >= 11 is 0. The van der Waals surface area contributed by atoms with Crippen LogP contribution in [0.3, 0.4) is 0 Å². The van der Waals surface area contributed by atoms with E-state index in [1.54, 1.807) is 0 Å². The van der Waals surface area contributed by atoms with Crippen molar-refractivity contribution in [3.05, 3.63) is 12.2 Å². The lowest BCUT2D eigenvalue weighted by atomic mass is 9.82. The number of rotatable bonds is 3. The Kier molecular flexibility index (Phi) is 4.58. The molecule has 1 amide bonds. The van der Waals surface area contributed by atoms with Gasteiger partial charge < -0.3 is 15.5 Å². The molecule has 2 unspecified atom stereocenters. The van der Waals surface area contributed by atoms with Crippen LogP contribution in [0.5, 0.6) is 0 Å². The molecule has 2 aliphatic carbocycles. The molecule has 2 rings (SSSR count). The Morgan fingerprint density at radius 2 is 1.68 bits per heavy atom. The lowest BCUT2D eigenvalue weighted by Crippen LogP contribution is -2.49. The highest BCUT2D eigenvalue weighted by molar-refractivity contribution is 5.85. The van der Waals surface area contributed by atoms with Crippen molar-refractivity contribution in [1.82, 2.24) is 5.32 Å². The predicted octanol–water partition coefficient (Wildman–Crippen LogP) is 1.07. The number of aliphatic hydroxyl groups is 1. The summed E-state index contributed by atoms with van der Waals surface area (Å²) in [5.41, 5.74) is 0. The molecule has 0 spiro atoms. The van der Waals surface area contributed by atoms with Crippen LogP contribution in [0.4, 0.5) is 0 Å². The normalized spacial score (nSPS) is 34.8. The maximum absolute atomic E-state index is 12.2. The van der Waals surface area contributed by atoms with E-state index in [0.29, 0.717) is 19.3 Å². The van der Waals surface area contributed by atoms with Crippen molar-refractivity contribution in [1.29, 1.82) is 0 Å². The third-order valence-electron chi connectivity index (χ3n) is 4.14. The number of carboxylic acids is 1. The molecule has 0 aromatic carbocycles. The average Bonchev–Trinajstić information content (AvgIpc) is 2.41. The van der Waals surface area contributed by atoms with Gasteiger partial charge in [0.15, 0.2) is 0 Å². The molecule has 3 N–H and O–H groups in total. The maximum Gasteiger partial charge on any atom is 0.307 e. The van der Waals surface area contributed by atoms with Crippen molar-refractivity contribution in [2.75, 3.05) is 0 Å².